The lowest BCUT2D eigenvalue weighted by Crippen LogP contribution is -2.13. The van der Waals surface area contributed by atoms with Crippen LogP contribution in [0.15, 0.2) is 35.4 Å². The highest BCUT2D eigenvalue weighted by atomic mass is 32.2. The van der Waals surface area contributed by atoms with Crippen molar-refractivity contribution in [2.75, 3.05) is 14.2 Å². The fourth-order valence-corrected chi connectivity index (χ4v) is 2.86. The number of nitrogens with two attached hydrogens (primary N) is 1. The first-order chi connectivity index (χ1) is 11.0. The molecule has 2 aromatic heterocycles. The van der Waals surface area contributed by atoms with Crippen LogP contribution >= 0.6 is 0 Å². The second-order valence-corrected chi connectivity index (χ2v) is 6.06. The third kappa shape index (κ3) is 2.58. The molecule has 2 heterocycles. The number of ether oxygens (including phenoxy) is 2. The van der Waals surface area contributed by atoms with E-state index in [0.29, 0.717) is 11.4 Å². The molecule has 0 radical (unpaired) electrons. The number of methoxy groups -OCH3 is 2. The Balaban J connectivity index is 2.31. The number of rotatable bonds is 4. The van der Waals surface area contributed by atoms with Gasteiger partial charge in [-0.25, -0.2) is 18.5 Å². The van der Waals surface area contributed by atoms with Crippen LogP contribution in [0.2, 0.25) is 0 Å². The maximum atomic E-state index is 11.7. The number of hydrogen-bond acceptors (Lipinski definition) is 7. The van der Waals surface area contributed by atoms with E-state index in [1.54, 1.807) is 18.2 Å². The molecule has 0 fully saturated rings. The van der Waals surface area contributed by atoms with Crippen molar-refractivity contribution in [3.05, 3.63) is 30.5 Å². The lowest BCUT2D eigenvalue weighted by atomic mass is 10.2. The number of hydrogen-bond donors (Lipinski definition) is 1. The van der Waals surface area contributed by atoms with E-state index in [1.807, 2.05) is 0 Å². The lowest BCUT2D eigenvalue weighted by Gasteiger charge is -2.03. The number of sulfonamides is 1. The zero-order valence-electron chi connectivity index (χ0n) is 12.3. The lowest BCUT2D eigenvalue weighted by molar-refractivity contribution is 0.359. The van der Waals surface area contributed by atoms with Crippen molar-refractivity contribution >= 4 is 15.7 Å². The summed E-state index contributed by atoms with van der Waals surface area (Å²) in [6.07, 6.45) is 1.44. The fraction of sp³-hybridized carbons (Fsp3) is 0.154. The van der Waals surface area contributed by atoms with Crippen LogP contribution in [0.4, 0.5) is 0 Å². The highest BCUT2D eigenvalue weighted by Crippen LogP contribution is 2.27. The summed E-state index contributed by atoms with van der Waals surface area (Å²) in [6.45, 7) is 0. The predicted molar refractivity (Wildman–Crippen MR) is 80.7 cm³/mol. The molecule has 0 atom stereocenters. The van der Waals surface area contributed by atoms with Crippen molar-refractivity contribution in [2.24, 2.45) is 5.14 Å². The molecule has 3 rings (SSSR count). The van der Waals surface area contributed by atoms with E-state index >= 15 is 0 Å². The second-order valence-electron chi connectivity index (χ2n) is 4.53. The van der Waals surface area contributed by atoms with Crippen molar-refractivity contribution in [1.82, 2.24) is 19.6 Å². The van der Waals surface area contributed by atoms with Crippen molar-refractivity contribution in [2.45, 2.75) is 4.90 Å². The third-order valence-corrected chi connectivity index (χ3v) is 4.11. The van der Waals surface area contributed by atoms with Crippen LogP contribution in [-0.2, 0) is 10.0 Å². The van der Waals surface area contributed by atoms with Gasteiger partial charge in [0, 0.05) is 5.56 Å². The highest BCUT2D eigenvalue weighted by Gasteiger charge is 2.20. The van der Waals surface area contributed by atoms with Crippen LogP contribution in [0.1, 0.15) is 0 Å². The maximum Gasteiger partial charge on any atom is 0.319 e. The molecule has 3 aromatic rings. The normalized spacial score (nSPS) is 11.6. The smallest absolute Gasteiger partial charge is 0.319 e. The Bertz CT molecular complexity index is 942. The van der Waals surface area contributed by atoms with Crippen LogP contribution in [0.25, 0.3) is 17.0 Å². The summed E-state index contributed by atoms with van der Waals surface area (Å²) >= 11 is 0. The highest BCUT2D eigenvalue weighted by molar-refractivity contribution is 7.89. The number of benzene rings is 1. The van der Waals surface area contributed by atoms with Gasteiger partial charge >= 0.3 is 6.01 Å². The molecule has 0 aliphatic rings. The van der Waals surface area contributed by atoms with Gasteiger partial charge in [0.05, 0.1) is 25.3 Å². The minimum Gasteiger partial charge on any atom is -0.491 e. The van der Waals surface area contributed by atoms with Crippen molar-refractivity contribution in [3.8, 4) is 23.1 Å². The van der Waals surface area contributed by atoms with Crippen LogP contribution in [-0.4, -0.2) is 42.2 Å². The van der Waals surface area contributed by atoms with Gasteiger partial charge in [0.2, 0.25) is 15.7 Å². The molecule has 23 heavy (non-hydrogen) atoms. The minimum atomic E-state index is -3.92. The summed E-state index contributed by atoms with van der Waals surface area (Å²) < 4.78 is 35.1. The van der Waals surface area contributed by atoms with E-state index in [4.69, 9.17) is 14.6 Å². The standard InChI is InChI=1S/C13H13N5O4S/c1-21-9-7-15-13(22-2)18-12(9)16-11(17-18)8-5-3-4-6-10(8)23(14,19)20/h3-7H,1-2H3,(H2,14,19,20). The summed E-state index contributed by atoms with van der Waals surface area (Å²) in [6, 6.07) is 6.39. The van der Waals surface area contributed by atoms with E-state index in [-0.39, 0.29) is 22.3 Å². The number of aromatic nitrogens is 4. The second kappa shape index (κ2) is 5.48. The zero-order valence-corrected chi connectivity index (χ0v) is 13.1. The number of fused-ring (bicyclic) bond motifs is 1. The molecule has 0 bridgehead atoms. The molecule has 0 saturated carbocycles. The summed E-state index contributed by atoms with van der Waals surface area (Å²) in [7, 11) is -1.01. The molecule has 0 amide bonds. The number of primary sulfonamides is 1. The first-order valence-corrected chi connectivity index (χ1v) is 7.96. The Kier molecular flexibility index (Phi) is 3.62. The maximum absolute atomic E-state index is 11.7. The SMILES string of the molecule is COc1cnc(OC)n2nc(-c3ccccc3S(N)(=O)=O)nc12. The molecule has 0 aliphatic carbocycles. The Hall–Kier alpha value is -2.72. The van der Waals surface area contributed by atoms with Gasteiger partial charge in [-0.05, 0) is 12.1 Å². The molecule has 1 aromatic carbocycles. The Morgan fingerprint density at radius 2 is 1.91 bits per heavy atom. The zero-order chi connectivity index (χ0) is 16.6. The predicted octanol–water partition coefficient (Wildman–Crippen LogP) is 0.456. The fourth-order valence-electron chi connectivity index (χ4n) is 2.13. The van der Waals surface area contributed by atoms with Gasteiger partial charge in [-0.2, -0.15) is 9.50 Å². The third-order valence-electron chi connectivity index (χ3n) is 3.14. The summed E-state index contributed by atoms with van der Waals surface area (Å²) in [4.78, 5) is 8.30. The Morgan fingerprint density at radius 3 is 2.57 bits per heavy atom. The average molecular weight is 335 g/mol. The van der Waals surface area contributed by atoms with E-state index < -0.39 is 10.0 Å². The van der Waals surface area contributed by atoms with Gasteiger partial charge in [-0.3, -0.25) is 0 Å². The van der Waals surface area contributed by atoms with Crippen molar-refractivity contribution in [1.29, 1.82) is 0 Å². The van der Waals surface area contributed by atoms with E-state index in [2.05, 4.69) is 15.1 Å². The molecule has 0 aliphatic heterocycles. The van der Waals surface area contributed by atoms with E-state index in [0.717, 1.165) is 0 Å². The van der Waals surface area contributed by atoms with Crippen LogP contribution in [0, 0.1) is 0 Å². The minimum absolute atomic E-state index is 0.0678. The van der Waals surface area contributed by atoms with Gasteiger partial charge in [-0.15, -0.1) is 5.10 Å². The number of nitrogens with zero attached hydrogens (tertiary/aromatic N) is 4. The Labute approximate surface area is 131 Å². The topological polar surface area (TPSA) is 122 Å². The van der Waals surface area contributed by atoms with E-state index in [1.165, 1.54) is 31.0 Å². The van der Waals surface area contributed by atoms with Gasteiger partial charge < -0.3 is 9.47 Å². The molecule has 10 heteroatoms. The molecule has 9 nitrogen and oxygen atoms in total. The average Bonchev–Trinajstić information content (AvgIpc) is 2.98. The molecule has 0 spiro atoms. The molecular weight excluding hydrogens is 322 g/mol. The van der Waals surface area contributed by atoms with Gasteiger partial charge in [0.25, 0.3) is 0 Å². The molecular formula is C13H13N5O4S. The van der Waals surface area contributed by atoms with E-state index in [9.17, 15) is 8.42 Å². The van der Waals surface area contributed by atoms with Gasteiger partial charge in [0.1, 0.15) is 0 Å². The monoisotopic (exact) mass is 335 g/mol. The first-order valence-electron chi connectivity index (χ1n) is 6.41. The first kappa shape index (κ1) is 15.2. The van der Waals surface area contributed by atoms with Crippen LogP contribution in [0.3, 0.4) is 0 Å². The van der Waals surface area contributed by atoms with Crippen molar-refractivity contribution in [3.63, 3.8) is 0 Å². The molecule has 120 valence electrons. The van der Waals surface area contributed by atoms with Crippen molar-refractivity contribution < 1.29 is 17.9 Å². The Morgan fingerprint density at radius 1 is 1.17 bits per heavy atom. The quantitative estimate of drug-likeness (QED) is 0.734. The van der Waals surface area contributed by atoms with Crippen LogP contribution < -0.4 is 14.6 Å². The molecule has 0 unspecified atom stereocenters. The molecule has 0 saturated heterocycles. The van der Waals surface area contributed by atoms with Gasteiger partial charge in [0.15, 0.2) is 11.6 Å². The largest absolute Gasteiger partial charge is 0.491 e. The summed E-state index contributed by atoms with van der Waals surface area (Å²) in [5.41, 5.74) is 0.626. The molecule has 2 N–H and O–H groups in total. The van der Waals surface area contributed by atoms with Gasteiger partial charge in [-0.1, -0.05) is 12.1 Å². The summed E-state index contributed by atoms with van der Waals surface area (Å²) in [5.74, 6) is 0.539. The van der Waals surface area contributed by atoms with Crippen LogP contribution in [0.5, 0.6) is 11.8 Å². The summed E-state index contributed by atoms with van der Waals surface area (Å²) in [5, 5.41) is 9.50.